The van der Waals surface area contributed by atoms with E-state index in [9.17, 15) is 4.79 Å². The van der Waals surface area contributed by atoms with Gasteiger partial charge in [-0.05, 0) is 42.2 Å². The van der Waals surface area contributed by atoms with E-state index >= 15 is 0 Å². The maximum atomic E-state index is 11.4. The Balaban J connectivity index is 2.02. The van der Waals surface area contributed by atoms with E-state index in [-0.39, 0.29) is 5.97 Å². The van der Waals surface area contributed by atoms with Crippen molar-refractivity contribution < 1.29 is 14.3 Å². The second-order valence-electron chi connectivity index (χ2n) is 5.62. The summed E-state index contributed by atoms with van der Waals surface area (Å²) in [7, 11) is 3.10. The molecule has 0 N–H and O–H groups in total. The van der Waals surface area contributed by atoms with Crippen LogP contribution in [0.2, 0.25) is 0 Å². The molecule has 2 aromatic rings. The second-order valence-corrected chi connectivity index (χ2v) is 6.64. The first kappa shape index (κ1) is 15.2. The molecule has 0 atom stereocenters. The van der Waals surface area contributed by atoms with Crippen LogP contribution in [0.5, 0.6) is 5.75 Å². The number of thioether (sulfide) groups is 1. The molecule has 1 aliphatic carbocycles. The van der Waals surface area contributed by atoms with Crippen molar-refractivity contribution in [1.29, 1.82) is 0 Å². The molecular formula is C18H20O3S. The van der Waals surface area contributed by atoms with Gasteiger partial charge >= 0.3 is 5.97 Å². The molecule has 1 aliphatic rings. The summed E-state index contributed by atoms with van der Waals surface area (Å²) in [6.07, 6.45) is 3.76. The Morgan fingerprint density at radius 3 is 2.59 bits per heavy atom. The summed E-state index contributed by atoms with van der Waals surface area (Å²) >= 11 is 1.48. The van der Waals surface area contributed by atoms with Gasteiger partial charge in [0, 0.05) is 5.39 Å². The van der Waals surface area contributed by atoms with Crippen molar-refractivity contribution in [2.45, 2.75) is 24.2 Å². The third kappa shape index (κ3) is 3.22. The Labute approximate surface area is 135 Å². The SMILES string of the molecule is COC(=O)CSc1cc(CC2CC2)c2ccccc2c1OC. The van der Waals surface area contributed by atoms with Gasteiger partial charge in [0.05, 0.1) is 24.9 Å². The minimum absolute atomic E-state index is 0.219. The van der Waals surface area contributed by atoms with Crippen LogP contribution in [0.25, 0.3) is 10.8 Å². The van der Waals surface area contributed by atoms with E-state index < -0.39 is 0 Å². The first-order chi connectivity index (χ1) is 10.7. The van der Waals surface area contributed by atoms with Gasteiger partial charge in [-0.25, -0.2) is 0 Å². The van der Waals surface area contributed by atoms with Crippen LogP contribution in [-0.4, -0.2) is 25.9 Å². The highest BCUT2D eigenvalue weighted by Crippen LogP contribution is 2.41. The molecule has 0 spiro atoms. The Morgan fingerprint density at radius 1 is 1.23 bits per heavy atom. The standard InChI is InChI=1S/C18H20O3S/c1-20-17(19)11-22-16-10-13(9-12-7-8-12)14-5-3-4-6-15(14)18(16)21-2/h3-6,10,12H,7-9,11H2,1-2H3. The van der Waals surface area contributed by atoms with Crippen LogP contribution in [0.4, 0.5) is 0 Å². The number of carbonyl (C=O) groups excluding carboxylic acids is 1. The Morgan fingerprint density at radius 2 is 1.95 bits per heavy atom. The first-order valence-electron chi connectivity index (χ1n) is 7.51. The molecule has 0 aliphatic heterocycles. The lowest BCUT2D eigenvalue weighted by Crippen LogP contribution is -2.03. The van der Waals surface area contributed by atoms with E-state index in [2.05, 4.69) is 24.3 Å². The largest absolute Gasteiger partial charge is 0.495 e. The summed E-state index contributed by atoms with van der Waals surface area (Å²) in [6, 6.07) is 10.5. The number of methoxy groups -OCH3 is 2. The molecule has 0 saturated heterocycles. The Bertz CT molecular complexity index is 692. The van der Waals surface area contributed by atoms with Crippen LogP contribution < -0.4 is 4.74 Å². The first-order valence-corrected chi connectivity index (χ1v) is 8.49. The molecule has 1 saturated carbocycles. The van der Waals surface area contributed by atoms with Crippen molar-refractivity contribution in [3.05, 3.63) is 35.9 Å². The number of carbonyl (C=O) groups is 1. The molecule has 2 aromatic carbocycles. The lowest BCUT2D eigenvalue weighted by Gasteiger charge is -2.15. The molecule has 1 fully saturated rings. The smallest absolute Gasteiger partial charge is 0.315 e. The zero-order chi connectivity index (χ0) is 15.5. The minimum atomic E-state index is -0.219. The fourth-order valence-corrected chi connectivity index (χ4v) is 3.65. The van der Waals surface area contributed by atoms with Crippen LogP contribution in [0, 0.1) is 5.92 Å². The van der Waals surface area contributed by atoms with Crippen molar-refractivity contribution in [3.63, 3.8) is 0 Å². The molecule has 4 heteroatoms. The Hall–Kier alpha value is -1.68. The number of hydrogen-bond acceptors (Lipinski definition) is 4. The molecule has 3 nitrogen and oxygen atoms in total. The highest BCUT2D eigenvalue weighted by Gasteiger charge is 2.24. The lowest BCUT2D eigenvalue weighted by molar-refractivity contribution is -0.137. The van der Waals surface area contributed by atoms with E-state index in [0.29, 0.717) is 5.75 Å². The predicted octanol–water partition coefficient (Wildman–Crippen LogP) is 4.07. The molecule has 0 radical (unpaired) electrons. The highest BCUT2D eigenvalue weighted by molar-refractivity contribution is 8.00. The lowest BCUT2D eigenvalue weighted by atomic mass is 9.99. The average Bonchev–Trinajstić information content (AvgIpc) is 3.36. The van der Waals surface area contributed by atoms with Gasteiger partial charge in [-0.3, -0.25) is 4.79 Å². The summed E-state index contributed by atoms with van der Waals surface area (Å²) in [6.45, 7) is 0. The summed E-state index contributed by atoms with van der Waals surface area (Å²) in [5, 5.41) is 2.38. The van der Waals surface area contributed by atoms with E-state index in [0.717, 1.165) is 28.4 Å². The van der Waals surface area contributed by atoms with Gasteiger partial charge in [0.1, 0.15) is 5.75 Å². The Kier molecular flexibility index (Phi) is 4.57. The van der Waals surface area contributed by atoms with Gasteiger partial charge in [0.15, 0.2) is 0 Å². The third-order valence-corrected chi connectivity index (χ3v) is 5.02. The molecule has 0 unspecified atom stereocenters. The quantitative estimate of drug-likeness (QED) is 0.594. The normalized spacial score (nSPS) is 14.1. The monoisotopic (exact) mass is 316 g/mol. The van der Waals surface area contributed by atoms with Gasteiger partial charge in [-0.2, -0.15) is 0 Å². The number of ether oxygens (including phenoxy) is 2. The maximum absolute atomic E-state index is 11.4. The van der Waals surface area contributed by atoms with E-state index in [1.54, 1.807) is 7.11 Å². The molecule has 3 rings (SSSR count). The van der Waals surface area contributed by atoms with Crippen molar-refractivity contribution in [2.75, 3.05) is 20.0 Å². The summed E-state index contributed by atoms with van der Waals surface area (Å²) in [5.41, 5.74) is 1.35. The maximum Gasteiger partial charge on any atom is 0.315 e. The van der Waals surface area contributed by atoms with Crippen molar-refractivity contribution in [3.8, 4) is 5.75 Å². The zero-order valence-electron chi connectivity index (χ0n) is 12.9. The van der Waals surface area contributed by atoms with Gasteiger partial charge in [-0.1, -0.05) is 24.3 Å². The van der Waals surface area contributed by atoms with Gasteiger partial charge in [0.2, 0.25) is 0 Å². The average molecular weight is 316 g/mol. The fourth-order valence-electron chi connectivity index (χ4n) is 2.71. The third-order valence-electron chi connectivity index (χ3n) is 4.03. The number of esters is 1. The summed E-state index contributed by atoms with van der Waals surface area (Å²) < 4.78 is 10.4. The number of fused-ring (bicyclic) bond motifs is 1. The van der Waals surface area contributed by atoms with Crippen LogP contribution >= 0.6 is 11.8 Å². The highest BCUT2D eigenvalue weighted by atomic mass is 32.2. The van der Waals surface area contributed by atoms with Gasteiger partial charge < -0.3 is 9.47 Å². The summed E-state index contributed by atoms with van der Waals surface area (Å²) in [4.78, 5) is 12.5. The number of rotatable bonds is 6. The molecule has 0 aromatic heterocycles. The van der Waals surface area contributed by atoms with Crippen LogP contribution in [-0.2, 0) is 16.0 Å². The van der Waals surface area contributed by atoms with Gasteiger partial charge in [-0.15, -0.1) is 11.8 Å². The van der Waals surface area contributed by atoms with Crippen molar-refractivity contribution in [2.24, 2.45) is 5.92 Å². The van der Waals surface area contributed by atoms with E-state index in [1.807, 2.05) is 6.07 Å². The van der Waals surface area contributed by atoms with Crippen LogP contribution in [0.3, 0.4) is 0 Å². The molecule has 22 heavy (non-hydrogen) atoms. The molecule has 0 amide bonds. The fraction of sp³-hybridized carbons (Fsp3) is 0.389. The molecule has 0 bridgehead atoms. The summed E-state index contributed by atoms with van der Waals surface area (Å²) in [5.74, 6) is 1.75. The minimum Gasteiger partial charge on any atom is -0.495 e. The van der Waals surface area contributed by atoms with Crippen LogP contribution in [0.15, 0.2) is 35.2 Å². The molecule has 0 heterocycles. The molecular weight excluding hydrogens is 296 g/mol. The van der Waals surface area contributed by atoms with Crippen LogP contribution in [0.1, 0.15) is 18.4 Å². The van der Waals surface area contributed by atoms with E-state index in [1.165, 1.54) is 42.7 Å². The zero-order valence-corrected chi connectivity index (χ0v) is 13.7. The van der Waals surface area contributed by atoms with Crippen molar-refractivity contribution in [1.82, 2.24) is 0 Å². The van der Waals surface area contributed by atoms with Crippen molar-refractivity contribution >= 4 is 28.5 Å². The molecule has 116 valence electrons. The second kappa shape index (κ2) is 6.61. The van der Waals surface area contributed by atoms with E-state index in [4.69, 9.17) is 9.47 Å². The van der Waals surface area contributed by atoms with Gasteiger partial charge in [0.25, 0.3) is 0 Å². The number of benzene rings is 2. The predicted molar refractivity (Wildman–Crippen MR) is 89.7 cm³/mol. The number of hydrogen-bond donors (Lipinski definition) is 0. The topological polar surface area (TPSA) is 35.5 Å².